The molecule has 0 atom stereocenters. The van der Waals surface area contributed by atoms with Gasteiger partial charge in [0.1, 0.15) is 0 Å². The van der Waals surface area contributed by atoms with E-state index in [-0.39, 0.29) is 20.1 Å². The largest absolute Gasteiger partial charge is 0.305 e. The van der Waals surface area contributed by atoms with E-state index in [2.05, 4.69) is 121 Å². The summed E-state index contributed by atoms with van der Waals surface area (Å²) in [6.45, 7) is 6.18. The van der Waals surface area contributed by atoms with Crippen LogP contribution in [0.3, 0.4) is 0 Å². The molecule has 2 nitrogen and oxygen atoms in total. The van der Waals surface area contributed by atoms with E-state index in [0.29, 0.717) is 0 Å². The van der Waals surface area contributed by atoms with Gasteiger partial charge in [0.15, 0.2) is 0 Å². The van der Waals surface area contributed by atoms with Crippen molar-refractivity contribution in [2.45, 2.75) is 20.8 Å². The molecule has 0 aliphatic heterocycles. The number of pyridine rings is 2. The van der Waals surface area contributed by atoms with Gasteiger partial charge in [0.25, 0.3) is 0 Å². The number of nitrogens with zero attached hydrogens (tertiary/aromatic N) is 2. The fourth-order valence-electron chi connectivity index (χ4n) is 5.05. The van der Waals surface area contributed by atoms with Crippen molar-refractivity contribution in [3.05, 3.63) is 156 Å². The summed E-state index contributed by atoms with van der Waals surface area (Å²) in [4.78, 5) is 8.87. The van der Waals surface area contributed by atoms with E-state index in [0.717, 1.165) is 22.5 Å². The average molecular weight is 719 g/mol. The molecule has 0 spiro atoms. The summed E-state index contributed by atoms with van der Waals surface area (Å²) in [6.07, 6.45) is 3.74. The second kappa shape index (κ2) is 13.0. The fraction of sp³-hybridized carbons (Fsp3) is 0.0769. The maximum Gasteiger partial charge on any atom is 0.0190 e. The topological polar surface area (TPSA) is 25.8 Å². The molecule has 5 aromatic carbocycles. The van der Waals surface area contributed by atoms with Crippen LogP contribution in [0.25, 0.3) is 55.2 Å². The van der Waals surface area contributed by atoms with Crippen molar-refractivity contribution in [2.24, 2.45) is 0 Å². The number of fused-ring (bicyclic) bond motifs is 3. The molecule has 3 heteroatoms. The summed E-state index contributed by atoms with van der Waals surface area (Å²) in [6, 6.07) is 46.7. The summed E-state index contributed by atoms with van der Waals surface area (Å²) >= 11 is 0. The molecule has 0 aliphatic rings. The Balaban J connectivity index is 0.000000200. The van der Waals surface area contributed by atoms with Gasteiger partial charge in [-0.3, -0.25) is 0 Å². The van der Waals surface area contributed by atoms with E-state index in [1.54, 1.807) is 0 Å². The van der Waals surface area contributed by atoms with Gasteiger partial charge in [0, 0.05) is 32.5 Å². The minimum atomic E-state index is 0. The molecule has 0 aliphatic carbocycles. The maximum absolute atomic E-state index is 4.53. The third-order valence-corrected chi connectivity index (χ3v) is 7.23. The molecule has 207 valence electrons. The van der Waals surface area contributed by atoms with Crippen LogP contribution in [0.2, 0.25) is 0 Å². The second-order valence-corrected chi connectivity index (χ2v) is 10.4. The van der Waals surface area contributed by atoms with Gasteiger partial charge < -0.3 is 9.97 Å². The van der Waals surface area contributed by atoms with Gasteiger partial charge in [0.2, 0.25) is 0 Å². The van der Waals surface area contributed by atoms with E-state index in [4.69, 9.17) is 0 Å². The Morgan fingerprint density at radius 3 is 2.05 bits per heavy atom. The fourth-order valence-corrected chi connectivity index (χ4v) is 5.05. The second-order valence-electron chi connectivity index (χ2n) is 10.4. The molecule has 0 unspecified atom stereocenters. The number of hydrogen-bond acceptors (Lipinski definition) is 2. The smallest absolute Gasteiger partial charge is 0.0190 e. The monoisotopic (exact) mass is 719 g/mol. The van der Waals surface area contributed by atoms with Gasteiger partial charge >= 0.3 is 0 Å². The van der Waals surface area contributed by atoms with Crippen molar-refractivity contribution in [3.63, 3.8) is 0 Å². The number of aryl methyl sites for hydroxylation is 3. The maximum atomic E-state index is 4.53. The van der Waals surface area contributed by atoms with Crippen LogP contribution in [0.1, 0.15) is 16.7 Å². The Kier molecular flexibility index (Phi) is 9.03. The summed E-state index contributed by atoms with van der Waals surface area (Å²) in [5.74, 6) is 0. The Labute approximate surface area is 261 Å². The van der Waals surface area contributed by atoms with Crippen LogP contribution in [-0.4, -0.2) is 9.97 Å². The Morgan fingerprint density at radius 1 is 0.548 bits per heavy atom. The van der Waals surface area contributed by atoms with Gasteiger partial charge in [-0.1, -0.05) is 79.2 Å². The molecule has 0 saturated carbocycles. The molecule has 0 N–H and O–H groups in total. The first-order valence-electron chi connectivity index (χ1n) is 13.8. The molecule has 0 bridgehead atoms. The van der Waals surface area contributed by atoms with E-state index in [1.807, 2.05) is 49.6 Å². The number of aromatic nitrogens is 2. The molecule has 42 heavy (non-hydrogen) atoms. The van der Waals surface area contributed by atoms with Crippen LogP contribution in [0.15, 0.2) is 128 Å². The van der Waals surface area contributed by atoms with Crippen molar-refractivity contribution in [1.29, 1.82) is 0 Å². The van der Waals surface area contributed by atoms with Crippen LogP contribution >= 0.6 is 0 Å². The zero-order chi connectivity index (χ0) is 28.2. The molecule has 0 saturated heterocycles. The van der Waals surface area contributed by atoms with Crippen molar-refractivity contribution in [3.8, 4) is 33.6 Å². The first kappa shape index (κ1) is 29.1. The minimum absolute atomic E-state index is 0. The van der Waals surface area contributed by atoms with Crippen molar-refractivity contribution in [2.75, 3.05) is 0 Å². The van der Waals surface area contributed by atoms with E-state index >= 15 is 0 Å². The molecule has 2 aromatic heterocycles. The first-order valence-corrected chi connectivity index (χ1v) is 13.8. The van der Waals surface area contributed by atoms with Gasteiger partial charge in [-0.2, -0.15) is 0 Å². The summed E-state index contributed by atoms with van der Waals surface area (Å²) in [5.41, 5.74) is 10.1. The van der Waals surface area contributed by atoms with Crippen LogP contribution in [0.4, 0.5) is 0 Å². The van der Waals surface area contributed by atoms with Gasteiger partial charge in [-0.15, -0.1) is 70.8 Å². The molecule has 0 amide bonds. The van der Waals surface area contributed by atoms with Gasteiger partial charge in [-0.25, -0.2) is 0 Å². The molecule has 7 rings (SSSR count). The summed E-state index contributed by atoms with van der Waals surface area (Å²) in [7, 11) is 0. The quantitative estimate of drug-likeness (QED) is 0.134. The third-order valence-electron chi connectivity index (χ3n) is 7.23. The number of rotatable bonds is 3. The van der Waals surface area contributed by atoms with Gasteiger partial charge in [-0.05, 0) is 70.0 Å². The molecule has 0 fully saturated rings. The molecular weight excluding hydrogens is 689 g/mol. The van der Waals surface area contributed by atoms with E-state index < -0.39 is 0 Å². The molecule has 1 radical (unpaired) electrons. The molecule has 2 heterocycles. The van der Waals surface area contributed by atoms with Gasteiger partial charge in [0.05, 0.1) is 0 Å². The normalized spacial score (nSPS) is 10.5. The standard InChI is InChI=1S/C26H18N.C13H12N.Ir/c1-18-13-14-27-26(15-18)21-9-6-8-19(16-21)25-17-20-7-2-3-10-22(20)23-11-4-5-12-24(23)25;1-10-3-6-12(7-4-10)13-8-5-11(2)9-14-13;/h2-8,10-17H,1H3;3-6,8-9H,1-2H3;/q2*-1;. The zero-order valence-electron chi connectivity index (χ0n) is 23.9. The van der Waals surface area contributed by atoms with Crippen LogP contribution in [0.5, 0.6) is 0 Å². The summed E-state index contributed by atoms with van der Waals surface area (Å²) in [5, 5.41) is 5.10. The SMILES string of the molecule is Cc1c[c-]c(-c2ccc(C)cn2)cc1.Cc1ccnc(-c2[c-]ccc(-c3cc4ccccc4c4ccccc34)c2)c1.[Ir]. The third kappa shape index (κ3) is 6.39. The minimum Gasteiger partial charge on any atom is -0.305 e. The molecular formula is C39H30IrN2-2. The Morgan fingerprint density at radius 2 is 1.31 bits per heavy atom. The van der Waals surface area contributed by atoms with Crippen molar-refractivity contribution in [1.82, 2.24) is 9.97 Å². The Hall–Kier alpha value is -4.43. The number of hydrogen-bond donors (Lipinski definition) is 0. The van der Waals surface area contributed by atoms with Crippen LogP contribution in [-0.2, 0) is 20.1 Å². The number of benzene rings is 5. The Bertz CT molecular complexity index is 1920. The van der Waals surface area contributed by atoms with Crippen molar-refractivity contribution >= 4 is 21.5 Å². The predicted molar refractivity (Wildman–Crippen MR) is 172 cm³/mol. The zero-order valence-corrected chi connectivity index (χ0v) is 26.2. The van der Waals surface area contributed by atoms with E-state index in [9.17, 15) is 0 Å². The molecule has 7 aromatic rings. The predicted octanol–water partition coefficient (Wildman–Crippen LogP) is 9.99. The van der Waals surface area contributed by atoms with Crippen molar-refractivity contribution < 1.29 is 20.1 Å². The van der Waals surface area contributed by atoms with E-state index in [1.165, 1.54) is 49.4 Å². The van der Waals surface area contributed by atoms with Crippen LogP contribution < -0.4 is 0 Å². The van der Waals surface area contributed by atoms with Crippen LogP contribution in [0, 0.1) is 32.9 Å². The first-order chi connectivity index (χ1) is 20.0. The average Bonchev–Trinajstić information content (AvgIpc) is 3.02. The summed E-state index contributed by atoms with van der Waals surface area (Å²) < 4.78 is 0.